The number of carboxylic acids is 1. The van der Waals surface area contributed by atoms with E-state index in [9.17, 15) is 4.79 Å². The number of ether oxygens (including phenoxy) is 1. The molecule has 0 saturated heterocycles. The predicted octanol–water partition coefficient (Wildman–Crippen LogP) is 3.62. The molecule has 3 nitrogen and oxygen atoms in total. The lowest BCUT2D eigenvalue weighted by molar-refractivity contribution is -0.170. The number of hydrogen-bond acceptors (Lipinski definition) is 2. The summed E-state index contributed by atoms with van der Waals surface area (Å²) >= 11 is 12.2. The van der Waals surface area contributed by atoms with Crippen LogP contribution >= 0.6 is 23.2 Å². The van der Waals surface area contributed by atoms with E-state index in [1.54, 1.807) is 13.8 Å². The van der Waals surface area contributed by atoms with Gasteiger partial charge in [-0.25, -0.2) is 4.79 Å². The van der Waals surface area contributed by atoms with Gasteiger partial charge >= 0.3 is 5.97 Å². The van der Waals surface area contributed by atoms with Gasteiger partial charge in [-0.1, -0.05) is 0 Å². The van der Waals surface area contributed by atoms with Crippen molar-refractivity contribution in [2.75, 3.05) is 0 Å². The highest BCUT2D eigenvalue weighted by atomic mass is 35.5. The minimum atomic E-state index is -1.10. The molecule has 2 aliphatic carbocycles. The Labute approximate surface area is 118 Å². The van der Waals surface area contributed by atoms with Crippen LogP contribution in [0.5, 0.6) is 0 Å². The number of hydrogen-bond donors (Lipinski definition) is 1. The molecule has 0 amide bonds. The van der Waals surface area contributed by atoms with Gasteiger partial charge in [-0.05, 0) is 57.8 Å². The van der Waals surface area contributed by atoms with E-state index in [4.69, 9.17) is 33.0 Å². The minimum Gasteiger partial charge on any atom is -0.479 e. The second-order valence-electron chi connectivity index (χ2n) is 6.04. The Hall–Kier alpha value is 0.01000. The smallest absolute Gasteiger partial charge is 0.335 e. The summed E-state index contributed by atoms with van der Waals surface area (Å²) in [4.78, 5) is 11.0. The molecule has 1 N–H and O–H groups in total. The van der Waals surface area contributed by atoms with Crippen LogP contribution in [0.4, 0.5) is 0 Å². The second kappa shape index (κ2) is 4.84. The number of halogens is 2. The van der Waals surface area contributed by atoms with Gasteiger partial charge in [0.15, 0.2) is 5.60 Å². The van der Waals surface area contributed by atoms with Crippen LogP contribution in [0.25, 0.3) is 0 Å². The second-order valence-corrected chi connectivity index (χ2v) is 7.58. The highest BCUT2D eigenvalue weighted by molar-refractivity contribution is 6.50. The van der Waals surface area contributed by atoms with Gasteiger partial charge in [-0.3, -0.25) is 0 Å². The zero-order chi connectivity index (χ0) is 13.6. The van der Waals surface area contributed by atoms with Gasteiger partial charge in [0.25, 0.3) is 0 Å². The molecule has 2 saturated carbocycles. The molecule has 0 radical (unpaired) electrons. The van der Waals surface area contributed by atoms with Crippen LogP contribution in [0.3, 0.4) is 0 Å². The van der Waals surface area contributed by atoms with Crippen molar-refractivity contribution in [3.05, 3.63) is 0 Å². The maximum Gasteiger partial charge on any atom is 0.335 e. The molecule has 0 heterocycles. The molecule has 2 fully saturated rings. The van der Waals surface area contributed by atoms with E-state index < -0.39 is 15.9 Å². The van der Waals surface area contributed by atoms with E-state index in [2.05, 4.69) is 0 Å². The van der Waals surface area contributed by atoms with Gasteiger partial charge in [0.2, 0.25) is 0 Å². The molecule has 0 aliphatic heterocycles. The van der Waals surface area contributed by atoms with Gasteiger partial charge in [0, 0.05) is 0 Å². The number of carbonyl (C=O) groups is 1. The van der Waals surface area contributed by atoms with Crippen molar-refractivity contribution < 1.29 is 14.6 Å². The van der Waals surface area contributed by atoms with Crippen molar-refractivity contribution >= 4 is 29.2 Å². The van der Waals surface area contributed by atoms with Gasteiger partial charge in [0.1, 0.15) is 4.33 Å². The zero-order valence-corrected chi connectivity index (χ0v) is 12.3. The third-order valence-corrected chi connectivity index (χ3v) is 5.01. The van der Waals surface area contributed by atoms with Crippen LogP contribution in [0, 0.1) is 11.8 Å². The van der Waals surface area contributed by atoms with Gasteiger partial charge in [-0.15, -0.1) is 23.2 Å². The predicted molar refractivity (Wildman–Crippen MR) is 71.1 cm³/mol. The molecule has 2 aliphatic rings. The van der Waals surface area contributed by atoms with Crippen LogP contribution in [-0.4, -0.2) is 27.1 Å². The summed E-state index contributed by atoms with van der Waals surface area (Å²) in [5, 5.41) is 9.03. The fourth-order valence-electron chi connectivity index (χ4n) is 2.82. The topological polar surface area (TPSA) is 46.5 Å². The largest absolute Gasteiger partial charge is 0.479 e. The minimum absolute atomic E-state index is 0.0474. The molecule has 5 heteroatoms. The molecule has 0 aromatic heterocycles. The van der Waals surface area contributed by atoms with E-state index in [1.165, 1.54) is 0 Å². The lowest BCUT2D eigenvalue weighted by Gasteiger charge is -2.33. The Morgan fingerprint density at radius 3 is 2.17 bits per heavy atom. The first kappa shape index (κ1) is 14.4. The normalized spacial score (nSPS) is 35.2. The fraction of sp³-hybridized carbons (Fsp3) is 0.923. The van der Waals surface area contributed by atoms with Crippen molar-refractivity contribution in [1.82, 2.24) is 0 Å². The highest BCUT2D eigenvalue weighted by Crippen LogP contribution is 2.59. The van der Waals surface area contributed by atoms with E-state index >= 15 is 0 Å². The van der Waals surface area contributed by atoms with E-state index in [0.29, 0.717) is 11.8 Å². The fourth-order valence-corrected chi connectivity index (χ4v) is 3.51. The molecule has 1 unspecified atom stereocenters. The summed E-state index contributed by atoms with van der Waals surface area (Å²) in [5.41, 5.74) is -1.10. The van der Waals surface area contributed by atoms with Gasteiger partial charge in [-0.2, -0.15) is 0 Å². The van der Waals surface area contributed by atoms with Crippen molar-refractivity contribution in [3.8, 4) is 0 Å². The van der Waals surface area contributed by atoms with E-state index in [1.807, 2.05) is 0 Å². The van der Waals surface area contributed by atoms with Crippen LogP contribution in [0.2, 0.25) is 0 Å². The maximum atomic E-state index is 11.0. The molecule has 1 atom stereocenters. The molecule has 18 heavy (non-hydrogen) atoms. The van der Waals surface area contributed by atoms with E-state index in [0.717, 1.165) is 32.1 Å². The monoisotopic (exact) mass is 294 g/mol. The van der Waals surface area contributed by atoms with Crippen molar-refractivity contribution in [2.45, 2.75) is 62.0 Å². The van der Waals surface area contributed by atoms with Crippen LogP contribution in [0.15, 0.2) is 0 Å². The average molecular weight is 295 g/mol. The summed E-state index contributed by atoms with van der Waals surface area (Å²) in [6, 6.07) is 0. The first-order chi connectivity index (χ1) is 8.22. The quantitative estimate of drug-likeness (QED) is 0.806. The number of rotatable bonds is 4. The summed E-state index contributed by atoms with van der Waals surface area (Å²) in [6.07, 6.45) is 4.82. The Balaban J connectivity index is 1.79. The highest BCUT2D eigenvalue weighted by Gasteiger charge is 2.55. The Kier molecular flexibility index (Phi) is 3.88. The van der Waals surface area contributed by atoms with Gasteiger partial charge < -0.3 is 9.84 Å². The standard InChI is InChI=1S/C13H20Cl2O3/c1-12(2,11(16)17)18-9-5-3-8(4-6-9)10-7-13(10,14)15/h8-10H,3-7H2,1-2H3,(H,16,17). The lowest BCUT2D eigenvalue weighted by atomic mass is 9.84. The summed E-state index contributed by atoms with van der Waals surface area (Å²) in [5.74, 6) is 0.0920. The molecule has 0 bridgehead atoms. The molecule has 0 spiro atoms. The molecular weight excluding hydrogens is 275 g/mol. The SMILES string of the molecule is CC(C)(OC1CCC(C2CC2(Cl)Cl)CC1)C(=O)O. The lowest BCUT2D eigenvalue weighted by Crippen LogP contribution is -2.40. The zero-order valence-electron chi connectivity index (χ0n) is 10.8. The Bertz CT molecular complexity index is 333. The molecule has 0 aromatic carbocycles. The number of aliphatic carboxylic acids is 1. The number of carboxylic acid groups (broad SMARTS) is 1. The summed E-state index contributed by atoms with van der Waals surface area (Å²) < 4.78 is 5.17. The Morgan fingerprint density at radius 1 is 1.28 bits per heavy atom. The van der Waals surface area contributed by atoms with Crippen molar-refractivity contribution in [3.63, 3.8) is 0 Å². The van der Waals surface area contributed by atoms with Crippen LogP contribution in [0.1, 0.15) is 46.0 Å². The molecule has 0 aromatic rings. The van der Waals surface area contributed by atoms with Crippen molar-refractivity contribution in [2.24, 2.45) is 11.8 Å². The third kappa shape index (κ3) is 3.12. The first-order valence-corrected chi connectivity index (χ1v) is 7.27. The third-order valence-electron chi connectivity index (χ3n) is 4.14. The van der Waals surface area contributed by atoms with Crippen LogP contribution < -0.4 is 0 Å². The summed E-state index contributed by atoms with van der Waals surface area (Å²) in [7, 11) is 0. The van der Waals surface area contributed by atoms with Crippen molar-refractivity contribution in [1.29, 1.82) is 0 Å². The summed E-state index contributed by atoms with van der Waals surface area (Å²) in [6.45, 7) is 3.20. The maximum absolute atomic E-state index is 11.0. The Morgan fingerprint density at radius 2 is 1.78 bits per heavy atom. The molecule has 2 rings (SSSR count). The number of alkyl halides is 2. The average Bonchev–Trinajstić information content (AvgIpc) is 2.88. The first-order valence-electron chi connectivity index (χ1n) is 6.51. The van der Waals surface area contributed by atoms with E-state index in [-0.39, 0.29) is 6.10 Å². The van der Waals surface area contributed by atoms with Crippen LogP contribution in [-0.2, 0) is 9.53 Å². The van der Waals surface area contributed by atoms with Gasteiger partial charge in [0.05, 0.1) is 6.10 Å². The molecular formula is C13H20Cl2O3. The molecule has 104 valence electrons.